The van der Waals surface area contributed by atoms with E-state index in [9.17, 15) is 4.79 Å². The van der Waals surface area contributed by atoms with Crippen LogP contribution in [0.5, 0.6) is 11.5 Å². The van der Waals surface area contributed by atoms with Gasteiger partial charge in [0.25, 0.3) is 0 Å². The minimum absolute atomic E-state index is 0.0513. The number of rotatable bonds is 4. The van der Waals surface area contributed by atoms with Gasteiger partial charge in [-0.05, 0) is 36.5 Å². The highest BCUT2D eigenvalue weighted by molar-refractivity contribution is 5.96. The van der Waals surface area contributed by atoms with Gasteiger partial charge >= 0.3 is 0 Å². The van der Waals surface area contributed by atoms with E-state index in [1.807, 2.05) is 48.5 Å². The zero-order valence-corrected chi connectivity index (χ0v) is 12.8. The van der Waals surface area contributed by atoms with Crippen LogP contribution in [0.25, 0.3) is 0 Å². The second-order valence-electron chi connectivity index (χ2n) is 6.07. The van der Waals surface area contributed by atoms with Crippen molar-refractivity contribution in [2.24, 2.45) is 5.92 Å². The standard InChI is InChI=1S/C19H19NO3/c21-19(18(14-6-7-14)13-4-2-1-3-5-13)20-15-8-9-16-17(12-15)23-11-10-22-16/h1-5,8-9,12,14,18H,6-7,10-11H2,(H,20,21). The van der Waals surface area contributed by atoms with E-state index in [1.54, 1.807) is 0 Å². The third-order valence-electron chi connectivity index (χ3n) is 4.34. The summed E-state index contributed by atoms with van der Waals surface area (Å²) in [5.41, 5.74) is 1.84. The van der Waals surface area contributed by atoms with Gasteiger partial charge in [-0.25, -0.2) is 0 Å². The fraction of sp³-hybridized carbons (Fsp3) is 0.316. The van der Waals surface area contributed by atoms with Gasteiger partial charge in [-0.1, -0.05) is 30.3 Å². The first-order chi connectivity index (χ1) is 11.3. The Morgan fingerprint density at radius 3 is 2.48 bits per heavy atom. The number of anilines is 1. The van der Waals surface area contributed by atoms with Crippen molar-refractivity contribution >= 4 is 11.6 Å². The Kier molecular flexibility index (Phi) is 3.66. The van der Waals surface area contributed by atoms with Crippen molar-refractivity contribution in [1.82, 2.24) is 0 Å². The van der Waals surface area contributed by atoms with Crippen LogP contribution in [0.15, 0.2) is 48.5 Å². The molecule has 4 rings (SSSR count). The van der Waals surface area contributed by atoms with Crippen LogP contribution in [0.2, 0.25) is 0 Å². The lowest BCUT2D eigenvalue weighted by Gasteiger charge is -2.20. The fourth-order valence-corrected chi connectivity index (χ4v) is 3.07. The molecule has 1 saturated carbocycles. The van der Waals surface area contributed by atoms with Crippen molar-refractivity contribution in [3.63, 3.8) is 0 Å². The van der Waals surface area contributed by atoms with Gasteiger partial charge in [0, 0.05) is 11.8 Å². The quantitative estimate of drug-likeness (QED) is 0.939. The van der Waals surface area contributed by atoms with Gasteiger partial charge < -0.3 is 14.8 Å². The molecular formula is C19H19NO3. The number of hydrogen-bond donors (Lipinski definition) is 1. The Bertz CT molecular complexity index is 710. The minimum atomic E-state index is -0.0793. The monoisotopic (exact) mass is 309 g/mol. The number of amides is 1. The van der Waals surface area contributed by atoms with E-state index in [2.05, 4.69) is 5.32 Å². The molecule has 0 aromatic heterocycles. The maximum absolute atomic E-state index is 12.8. The number of carbonyl (C=O) groups excluding carboxylic acids is 1. The Morgan fingerprint density at radius 2 is 1.74 bits per heavy atom. The van der Waals surface area contributed by atoms with Gasteiger partial charge in [-0.3, -0.25) is 4.79 Å². The molecule has 2 aliphatic rings. The Labute approximate surface area is 135 Å². The molecule has 23 heavy (non-hydrogen) atoms. The summed E-state index contributed by atoms with van der Waals surface area (Å²) in [5.74, 6) is 1.85. The highest BCUT2D eigenvalue weighted by Gasteiger charge is 2.37. The molecule has 1 atom stereocenters. The third-order valence-corrected chi connectivity index (χ3v) is 4.34. The molecule has 0 spiro atoms. The van der Waals surface area contributed by atoms with Crippen LogP contribution >= 0.6 is 0 Å². The molecule has 2 aromatic rings. The molecular weight excluding hydrogens is 290 g/mol. The van der Waals surface area contributed by atoms with Gasteiger partial charge in [0.1, 0.15) is 13.2 Å². The highest BCUT2D eigenvalue weighted by Crippen LogP contribution is 2.43. The summed E-state index contributed by atoms with van der Waals surface area (Å²) in [7, 11) is 0. The highest BCUT2D eigenvalue weighted by atomic mass is 16.6. The molecule has 118 valence electrons. The van der Waals surface area contributed by atoms with E-state index in [1.165, 1.54) is 0 Å². The van der Waals surface area contributed by atoms with Crippen LogP contribution in [0.3, 0.4) is 0 Å². The molecule has 1 N–H and O–H groups in total. The minimum Gasteiger partial charge on any atom is -0.486 e. The van der Waals surface area contributed by atoms with Crippen molar-refractivity contribution in [1.29, 1.82) is 0 Å². The predicted octanol–water partition coefficient (Wildman–Crippen LogP) is 3.59. The number of nitrogens with one attached hydrogen (secondary N) is 1. The number of hydrogen-bond acceptors (Lipinski definition) is 3. The van der Waals surface area contributed by atoms with Crippen molar-refractivity contribution in [2.45, 2.75) is 18.8 Å². The molecule has 2 aromatic carbocycles. The lowest BCUT2D eigenvalue weighted by molar-refractivity contribution is -0.118. The zero-order valence-electron chi connectivity index (χ0n) is 12.8. The SMILES string of the molecule is O=C(Nc1ccc2c(c1)OCCO2)C(c1ccccc1)C1CC1. The fourth-order valence-electron chi connectivity index (χ4n) is 3.07. The first-order valence-corrected chi connectivity index (χ1v) is 8.07. The van der Waals surface area contributed by atoms with Crippen molar-refractivity contribution in [3.8, 4) is 11.5 Å². The molecule has 0 bridgehead atoms. The molecule has 4 heteroatoms. The number of fused-ring (bicyclic) bond motifs is 1. The van der Waals surface area contributed by atoms with E-state index in [0.717, 1.165) is 29.8 Å². The summed E-state index contributed by atoms with van der Waals surface area (Å²) in [6, 6.07) is 15.6. The molecule has 1 unspecified atom stereocenters. The molecule has 1 heterocycles. The number of benzene rings is 2. The van der Waals surface area contributed by atoms with Gasteiger partial charge in [-0.15, -0.1) is 0 Å². The zero-order chi connectivity index (χ0) is 15.6. The summed E-state index contributed by atoms with van der Waals surface area (Å²) >= 11 is 0. The average molecular weight is 309 g/mol. The van der Waals surface area contributed by atoms with Crippen LogP contribution in [-0.2, 0) is 4.79 Å². The maximum atomic E-state index is 12.8. The summed E-state index contributed by atoms with van der Waals surface area (Å²) < 4.78 is 11.1. The molecule has 1 amide bonds. The van der Waals surface area contributed by atoms with Crippen molar-refractivity contribution in [2.75, 3.05) is 18.5 Å². The first-order valence-electron chi connectivity index (χ1n) is 8.07. The normalized spacial score (nSPS) is 17.4. The number of ether oxygens (including phenoxy) is 2. The van der Waals surface area contributed by atoms with Gasteiger partial charge in [0.15, 0.2) is 11.5 Å². The van der Waals surface area contributed by atoms with E-state index in [0.29, 0.717) is 24.9 Å². The van der Waals surface area contributed by atoms with Gasteiger partial charge in [-0.2, -0.15) is 0 Å². The average Bonchev–Trinajstić information content (AvgIpc) is 3.41. The number of carbonyl (C=O) groups is 1. The first kappa shape index (κ1) is 14.1. The Balaban J connectivity index is 1.54. The molecule has 1 fully saturated rings. The maximum Gasteiger partial charge on any atom is 0.232 e. The third kappa shape index (κ3) is 3.02. The van der Waals surface area contributed by atoms with E-state index < -0.39 is 0 Å². The molecule has 0 radical (unpaired) electrons. The van der Waals surface area contributed by atoms with Crippen molar-refractivity contribution in [3.05, 3.63) is 54.1 Å². The smallest absolute Gasteiger partial charge is 0.232 e. The van der Waals surface area contributed by atoms with Gasteiger partial charge in [0.2, 0.25) is 5.91 Å². The van der Waals surface area contributed by atoms with Crippen LogP contribution < -0.4 is 14.8 Å². The molecule has 4 nitrogen and oxygen atoms in total. The van der Waals surface area contributed by atoms with Gasteiger partial charge in [0.05, 0.1) is 5.92 Å². The second kappa shape index (κ2) is 5.95. The molecule has 1 aliphatic heterocycles. The molecule has 1 aliphatic carbocycles. The summed E-state index contributed by atoms with van der Waals surface area (Å²) in [6.07, 6.45) is 2.24. The van der Waals surface area contributed by atoms with E-state index in [-0.39, 0.29) is 11.8 Å². The van der Waals surface area contributed by atoms with E-state index >= 15 is 0 Å². The van der Waals surface area contributed by atoms with Crippen LogP contribution in [0.4, 0.5) is 5.69 Å². The molecule has 0 saturated heterocycles. The lowest BCUT2D eigenvalue weighted by atomic mass is 9.93. The summed E-state index contributed by atoms with van der Waals surface area (Å²) in [5, 5.41) is 3.04. The van der Waals surface area contributed by atoms with Crippen LogP contribution in [-0.4, -0.2) is 19.1 Å². The summed E-state index contributed by atoms with van der Waals surface area (Å²) in [6.45, 7) is 1.11. The second-order valence-corrected chi connectivity index (χ2v) is 6.07. The largest absolute Gasteiger partial charge is 0.486 e. The van der Waals surface area contributed by atoms with E-state index in [4.69, 9.17) is 9.47 Å². The lowest BCUT2D eigenvalue weighted by Crippen LogP contribution is -2.23. The van der Waals surface area contributed by atoms with Crippen LogP contribution in [0.1, 0.15) is 24.3 Å². The topological polar surface area (TPSA) is 47.6 Å². The van der Waals surface area contributed by atoms with Crippen LogP contribution in [0, 0.1) is 5.92 Å². The van der Waals surface area contributed by atoms with Crippen molar-refractivity contribution < 1.29 is 14.3 Å². The predicted molar refractivity (Wildman–Crippen MR) is 88.0 cm³/mol. The Hall–Kier alpha value is -2.49. The summed E-state index contributed by atoms with van der Waals surface area (Å²) in [4.78, 5) is 12.8. The Morgan fingerprint density at radius 1 is 1.00 bits per heavy atom.